The van der Waals surface area contributed by atoms with Gasteiger partial charge in [-0.05, 0) is 59.2 Å². The largest absolute Gasteiger partial charge is 0.393 e. The van der Waals surface area contributed by atoms with Crippen LogP contribution in [0.2, 0.25) is 0 Å². The Morgan fingerprint density at radius 3 is 2.60 bits per heavy atom. The van der Waals surface area contributed by atoms with Crippen molar-refractivity contribution in [1.29, 1.82) is 5.26 Å². The number of carbonyl (C=O) groups excluding carboxylic acids is 1. The molecule has 3 N–H and O–H groups in total. The van der Waals surface area contributed by atoms with Crippen molar-refractivity contribution in [1.82, 2.24) is 5.32 Å². The van der Waals surface area contributed by atoms with Crippen LogP contribution in [0.5, 0.6) is 0 Å². The lowest BCUT2D eigenvalue weighted by Crippen LogP contribution is -2.42. The van der Waals surface area contributed by atoms with Crippen molar-refractivity contribution < 1.29 is 19.7 Å². The lowest BCUT2D eigenvalue weighted by Gasteiger charge is -2.30. The van der Waals surface area contributed by atoms with E-state index in [9.17, 15) is 20.3 Å². The van der Waals surface area contributed by atoms with Crippen molar-refractivity contribution in [2.24, 2.45) is 0 Å². The maximum absolute atomic E-state index is 12.7. The van der Waals surface area contributed by atoms with Gasteiger partial charge in [0.2, 0.25) is 0 Å². The maximum Gasteiger partial charge on any atom is 0.262 e. The highest BCUT2D eigenvalue weighted by Crippen LogP contribution is 2.35. The van der Waals surface area contributed by atoms with Crippen LogP contribution >= 0.6 is 11.3 Å². The second-order valence-corrected chi connectivity index (χ2v) is 10.0. The zero-order valence-corrected chi connectivity index (χ0v) is 20.8. The van der Waals surface area contributed by atoms with E-state index in [1.807, 2.05) is 32.3 Å². The Bertz CT molecular complexity index is 1300. The third-order valence-electron chi connectivity index (χ3n) is 6.16. The molecular formula is C27H29N3O4S. The number of thiophene rings is 1. The molecule has 1 saturated heterocycles. The SMILES string of the molecule is C/C(=C(/C#N)C(=O)NCC1CC(O)CC(O)O1)c1ccc(-c2ccc3cc(N(C)C)ccc3c2)s1. The topological polar surface area (TPSA) is 106 Å². The highest BCUT2D eigenvalue weighted by molar-refractivity contribution is 7.16. The number of nitriles is 1. The number of fused-ring (bicyclic) bond motifs is 1. The van der Waals surface area contributed by atoms with Crippen LogP contribution in [0.4, 0.5) is 5.69 Å². The molecule has 4 rings (SSSR count). The number of aliphatic hydroxyl groups excluding tert-OH is 2. The third-order valence-corrected chi connectivity index (χ3v) is 7.42. The molecule has 0 saturated carbocycles. The van der Waals surface area contributed by atoms with E-state index in [2.05, 4.69) is 46.6 Å². The highest BCUT2D eigenvalue weighted by atomic mass is 32.1. The van der Waals surface area contributed by atoms with Crippen molar-refractivity contribution in [2.45, 2.75) is 38.3 Å². The van der Waals surface area contributed by atoms with E-state index in [-0.39, 0.29) is 18.5 Å². The van der Waals surface area contributed by atoms with Gasteiger partial charge in [-0.1, -0.05) is 18.2 Å². The number of carbonyl (C=O) groups is 1. The van der Waals surface area contributed by atoms with Crippen LogP contribution in [-0.4, -0.2) is 55.3 Å². The molecule has 0 spiro atoms. The fraction of sp³-hybridized carbons (Fsp3) is 0.333. The highest BCUT2D eigenvalue weighted by Gasteiger charge is 2.27. The fourth-order valence-electron chi connectivity index (χ4n) is 4.18. The van der Waals surface area contributed by atoms with E-state index < -0.39 is 24.4 Å². The summed E-state index contributed by atoms with van der Waals surface area (Å²) in [5, 5.41) is 34.1. The third kappa shape index (κ3) is 5.72. The number of benzene rings is 2. The van der Waals surface area contributed by atoms with Gasteiger partial charge in [-0.25, -0.2) is 0 Å². The summed E-state index contributed by atoms with van der Waals surface area (Å²) >= 11 is 1.53. The normalized spacial score (nSPS) is 20.7. The van der Waals surface area contributed by atoms with Crippen molar-refractivity contribution in [3.05, 3.63) is 59.0 Å². The molecule has 1 aromatic heterocycles. The number of nitrogens with zero attached hydrogens (tertiary/aromatic N) is 2. The zero-order chi connectivity index (χ0) is 25.1. The van der Waals surface area contributed by atoms with Crippen LogP contribution in [0.3, 0.4) is 0 Å². The molecule has 1 aliphatic rings. The minimum Gasteiger partial charge on any atom is -0.393 e. The van der Waals surface area contributed by atoms with Gasteiger partial charge in [-0.3, -0.25) is 4.79 Å². The smallest absolute Gasteiger partial charge is 0.262 e. The van der Waals surface area contributed by atoms with Crippen LogP contribution < -0.4 is 10.2 Å². The van der Waals surface area contributed by atoms with Crippen LogP contribution in [-0.2, 0) is 9.53 Å². The molecule has 0 aliphatic carbocycles. The number of anilines is 1. The minimum atomic E-state index is -1.05. The molecule has 2 heterocycles. The zero-order valence-electron chi connectivity index (χ0n) is 20.0. The molecule has 3 unspecified atom stereocenters. The summed E-state index contributed by atoms with van der Waals surface area (Å²) in [6.45, 7) is 1.87. The average Bonchev–Trinajstić information content (AvgIpc) is 3.32. The molecular weight excluding hydrogens is 462 g/mol. The summed E-state index contributed by atoms with van der Waals surface area (Å²) in [7, 11) is 4.04. The van der Waals surface area contributed by atoms with Crippen molar-refractivity contribution in [3.63, 3.8) is 0 Å². The number of hydrogen-bond acceptors (Lipinski definition) is 7. The van der Waals surface area contributed by atoms with E-state index >= 15 is 0 Å². The van der Waals surface area contributed by atoms with Gasteiger partial charge >= 0.3 is 0 Å². The molecule has 3 aromatic rings. The molecule has 2 aromatic carbocycles. The number of allylic oxidation sites excluding steroid dienone is 1. The molecule has 1 aliphatic heterocycles. The van der Waals surface area contributed by atoms with Gasteiger partial charge < -0.3 is 25.2 Å². The Labute approximate surface area is 208 Å². The van der Waals surface area contributed by atoms with Gasteiger partial charge in [0, 0.05) is 48.9 Å². The quantitative estimate of drug-likeness (QED) is 0.357. The van der Waals surface area contributed by atoms with Crippen molar-refractivity contribution in [2.75, 3.05) is 25.5 Å². The van der Waals surface area contributed by atoms with E-state index in [1.165, 1.54) is 16.7 Å². The fourth-order valence-corrected chi connectivity index (χ4v) is 5.19. The molecule has 0 radical (unpaired) electrons. The van der Waals surface area contributed by atoms with Crippen molar-refractivity contribution >= 4 is 39.3 Å². The molecule has 182 valence electrons. The van der Waals surface area contributed by atoms with Crippen LogP contribution in [0.1, 0.15) is 24.6 Å². The predicted molar refractivity (Wildman–Crippen MR) is 139 cm³/mol. The summed E-state index contributed by atoms with van der Waals surface area (Å²) in [5.74, 6) is -0.500. The van der Waals surface area contributed by atoms with Gasteiger partial charge in [0.15, 0.2) is 6.29 Å². The van der Waals surface area contributed by atoms with Crippen LogP contribution in [0.25, 0.3) is 26.8 Å². The summed E-state index contributed by atoms with van der Waals surface area (Å²) in [5.41, 5.74) is 2.86. The number of hydrogen-bond donors (Lipinski definition) is 3. The standard InChI is InChI=1S/C27H29N3O4S/c1-16(23(14-28)27(33)29-15-22-12-21(31)13-26(32)34-22)24-8-9-25(35-24)19-5-4-18-11-20(30(2)3)7-6-17(18)10-19/h4-11,21-22,26,31-32H,12-13,15H2,1-3H3,(H,29,33)/b23-16+. The Morgan fingerprint density at radius 1 is 1.14 bits per heavy atom. The van der Waals surface area contributed by atoms with E-state index in [1.54, 1.807) is 6.92 Å². The second-order valence-electron chi connectivity index (χ2n) is 8.96. The molecule has 7 nitrogen and oxygen atoms in total. The number of amides is 1. The molecule has 3 atom stereocenters. The van der Waals surface area contributed by atoms with Gasteiger partial charge in [0.25, 0.3) is 5.91 Å². The van der Waals surface area contributed by atoms with Gasteiger partial charge in [-0.15, -0.1) is 11.3 Å². The summed E-state index contributed by atoms with van der Waals surface area (Å²) in [6.07, 6.45) is -1.76. The molecule has 35 heavy (non-hydrogen) atoms. The van der Waals surface area contributed by atoms with Gasteiger partial charge in [-0.2, -0.15) is 5.26 Å². The first-order valence-corrected chi connectivity index (χ1v) is 12.3. The first-order chi connectivity index (χ1) is 16.7. The maximum atomic E-state index is 12.7. The number of ether oxygens (including phenoxy) is 1. The number of rotatable bonds is 6. The summed E-state index contributed by atoms with van der Waals surface area (Å²) in [4.78, 5) is 16.7. The van der Waals surface area contributed by atoms with E-state index in [0.717, 1.165) is 26.4 Å². The van der Waals surface area contributed by atoms with Crippen LogP contribution in [0, 0.1) is 11.3 Å². The lowest BCUT2D eigenvalue weighted by atomic mass is 10.0. The number of aliphatic hydroxyl groups is 2. The monoisotopic (exact) mass is 491 g/mol. The van der Waals surface area contributed by atoms with E-state index in [4.69, 9.17) is 4.74 Å². The summed E-state index contributed by atoms with van der Waals surface area (Å²) in [6, 6.07) is 18.7. The van der Waals surface area contributed by atoms with E-state index in [0.29, 0.717) is 12.0 Å². The van der Waals surface area contributed by atoms with Crippen LogP contribution in [0.15, 0.2) is 54.1 Å². The lowest BCUT2D eigenvalue weighted by molar-refractivity contribution is -0.187. The Kier molecular flexibility index (Phi) is 7.53. The van der Waals surface area contributed by atoms with Gasteiger partial charge in [0.1, 0.15) is 11.6 Å². The first-order valence-electron chi connectivity index (χ1n) is 11.5. The van der Waals surface area contributed by atoms with Gasteiger partial charge in [0.05, 0.1) is 12.2 Å². The molecule has 8 heteroatoms. The Morgan fingerprint density at radius 2 is 1.89 bits per heavy atom. The average molecular weight is 492 g/mol. The Hall–Kier alpha value is -3.22. The molecule has 0 bridgehead atoms. The summed E-state index contributed by atoms with van der Waals surface area (Å²) < 4.78 is 5.35. The first kappa shape index (κ1) is 24.9. The molecule has 1 fully saturated rings. The number of nitrogens with one attached hydrogen (secondary N) is 1. The minimum absolute atomic E-state index is 0.0324. The Balaban J connectivity index is 1.51. The second kappa shape index (κ2) is 10.6. The predicted octanol–water partition coefficient (Wildman–Crippen LogP) is 3.91. The molecule has 1 amide bonds. The van der Waals surface area contributed by atoms with Crippen molar-refractivity contribution in [3.8, 4) is 16.5 Å².